The predicted octanol–water partition coefficient (Wildman–Crippen LogP) is 4.20. The molecular weight excluding hydrogens is 340 g/mol. The van der Waals surface area contributed by atoms with Gasteiger partial charge in [-0.25, -0.2) is 0 Å². The van der Waals surface area contributed by atoms with E-state index in [0.29, 0.717) is 36.4 Å². The number of esters is 1. The van der Waals surface area contributed by atoms with Crippen LogP contribution >= 0.6 is 0 Å². The molecule has 0 heterocycles. The molecule has 3 saturated carbocycles. The second kappa shape index (κ2) is 7.02. The quantitative estimate of drug-likeness (QED) is 0.592. The van der Waals surface area contributed by atoms with Gasteiger partial charge in [0.25, 0.3) is 0 Å². The van der Waals surface area contributed by atoms with Crippen LogP contribution in [0.4, 0.5) is 0 Å². The molecule has 6 atom stereocenters. The van der Waals surface area contributed by atoms with Gasteiger partial charge in [0.1, 0.15) is 11.9 Å². The van der Waals surface area contributed by atoms with Gasteiger partial charge in [-0.3, -0.25) is 9.59 Å². The highest BCUT2D eigenvalue weighted by molar-refractivity contribution is 5.87. The van der Waals surface area contributed by atoms with Crippen LogP contribution in [0.1, 0.15) is 78.1 Å². The summed E-state index contributed by atoms with van der Waals surface area (Å²) in [5.41, 5.74) is 1.63. The van der Waals surface area contributed by atoms with Gasteiger partial charge in [0.2, 0.25) is 0 Å². The van der Waals surface area contributed by atoms with E-state index in [2.05, 4.69) is 19.9 Å². The lowest BCUT2D eigenvalue weighted by Crippen LogP contribution is -2.50. The summed E-state index contributed by atoms with van der Waals surface area (Å²) in [5, 5.41) is 8.88. The molecule has 4 nitrogen and oxygen atoms in total. The Labute approximate surface area is 162 Å². The Bertz CT molecular complexity index is 653. The molecule has 0 bridgehead atoms. The minimum Gasteiger partial charge on any atom is -0.462 e. The fourth-order valence-electron chi connectivity index (χ4n) is 6.97. The van der Waals surface area contributed by atoms with Crippen LogP contribution in [-0.2, 0) is 14.3 Å². The van der Waals surface area contributed by atoms with Gasteiger partial charge >= 0.3 is 5.97 Å². The maximum Gasteiger partial charge on any atom is 0.306 e. The van der Waals surface area contributed by atoms with Gasteiger partial charge in [-0.2, -0.15) is 0 Å². The van der Waals surface area contributed by atoms with E-state index in [1.165, 1.54) is 5.57 Å². The van der Waals surface area contributed by atoms with Crippen LogP contribution in [-0.4, -0.2) is 29.6 Å². The van der Waals surface area contributed by atoms with Gasteiger partial charge < -0.3 is 9.84 Å². The first kappa shape index (κ1) is 19.2. The number of aliphatic hydroxyl groups excluding tert-OH is 1. The van der Waals surface area contributed by atoms with Crippen LogP contribution in [0.25, 0.3) is 0 Å². The number of hydrogen-bond donors (Lipinski definition) is 1. The van der Waals surface area contributed by atoms with E-state index in [1.54, 1.807) is 0 Å². The molecule has 27 heavy (non-hydrogen) atoms. The molecule has 4 heteroatoms. The Balaban J connectivity index is 1.48. The number of fused-ring (bicyclic) bond motifs is 5. The first-order valence-corrected chi connectivity index (χ1v) is 10.9. The van der Waals surface area contributed by atoms with Crippen LogP contribution in [0.2, 0.25) is 0 Å². The Morgan fingerprint density at radius 1 is 1.19 bits per heavy atom. The zero-order valence-corrected chi connectivity index (χ0v) is 16.8. The SMILES string of the molecule is C[C@]12CC[C@H](OC(=O)CCCO)CC1=CCC1C2CC[C@]2(C)C(=O)CCC12. The molecule has 0 aromatic heterocycles. The Hall–Kier alpha value is -1.16. The van der Waals surface area contributed by atoms with Crippen LogP contribution in [0.15, 0.2) is 11.6 Å². The molecular formula is C23H34O4. The fraction of sp³-hybridized carbons (Fsp3) is 0.826. The smallest absolute Gasteiger partial charge is 0.306 e. The lowest BCUT2D eigenvalue weighted by atomic mass is 9.48. The maximum atomic E-state index is 12.5. The van der Waals surface area contributed by atoms with Crippen LogP contribution in [0, 0.1) is 28.6 Å². The average Bonchev–Trinajstić information content (AvgIpc) is 2.95. The molecule has 1 N–H and O–H groups in total. The van der Waals surface area contributed by atoms with E-state index >= 15 is 0 Å². The molecule has 0 radical (unpaired) electrons. The summed E-state index contributed by atoms with van der Waals surface area (Å²) in [6.07, 6.45) is 11.3. The number of Topliss-reactive ketones (excluding diaryl/α,β-unsaturated/α-hetero) is 1. The van der Waals surface area contributed by atoms with Crippen molar-refractivity contribution in [1.82, 2.24) is 0 Å². The van der Waals surface area contributed by atoms with Crippen molar-refractivity contribution in [2.45, 2.75) is 84.2 Å². The summed E-state index contributed by atoms with van der Waals surface area (Å²) in [7, 11) is 0. The standard InChI is InChI=1S/C23H34O4/c1-22-11-9-16(27-21(26)4-3-13-24)14-15(22)5-6-17-18-7-8-20(25)23(18,2)12-10-19(17)22/h5,16-19,24H,3-4,6-14H2,1-2H3/t16-,17?,18?,19?,22-,23-/m0/s1. The number of hydrogen-bond acceptors (Lipinski definition) is 4. The largest absolute Gasteiger partial charge is 0.462 e. The normalized spacial score (nSPS) is 43.4. The van der Waals surface area contributed by atoms with Crippen molar-refractivity contribution in [3.05, 3.63) is 11.6 Å². The number of carbonyl (C=O) groups excluding carboxylic acids is 2. The Morgan fingerprint density at radius 2 is 1.93 bits per heavy atom. The van der Waals surface area contributed by atoms with E-state index < -0.39 is 0 Å². The number of ether oxygens (including phenoxy) is 1. The predicted molar refractivity (Wildman–Crippen MR) is 103 cm³/mol. The van der Waals surface area contributed by atoms with E-state index in [0.717, 1.165) is 51.4 Å². The number of allylic oxidation sites excluding steroid dienone is 1. The lowest BCUT2D eigenvalue weighted by molar-refractivity contribution is -0.151. The molecule has 4 aliphatic carbocycles. The molecule has 0 amide bonds. The summed E-state index contributed by atoms with van der Waals surface area (Å²) >= 11 is 0. The highest BCUT2D eigenvalue weighted by Crippen LogP contribution is 2.64. The summed E-state index contributed by atoms with van der Waals surface area (Å²) < 4.78 is 5.69. The zero-order chi connectivity index (χ0) is 19.2. The first-order valence-electron chi connectivity index (χ1n) is 10.9. The van der Waals surface area contributed by atoms with E-state index in [9.17, 15) is 9.59 Å². The molecule has 3 unspecified atom stereocenters. The number of ketones is 1. The van der Waals surface area contributed by atoms with Crippen molar-refractivity contribution in [3.63, 3.8) is 0 Å². The molecule has 0 aromatic carbocycles. The van der Waals surface area contributed by atoms with Crippen molar-refractivity contribution >= 4 is 11.8 Å². The van der Waals surface area contributed by atoms with Gasteiger partial charge in [0, 0.05) is 31.3 Å². The van der Waals surface area contributed by atoms with Crippen LogP contribution < -0.4 is 0 Å². The van der Waals surface area contributed by atoms with Crippen LogP contribution in [0.3, 0.4) is 0 Å². The number of aliphatic hydroxyl groups is 1. The number of carbonyl (C=O) groups is 2. The maximum absolute atomic E-state index is 12.5. The van der Waals surface area contributed by atoms with Gasteiger partial charge in [0.05, 0.1) is 0 Å². The molecule has 4 aliphatic rings. The van der Waals surface area contributed by atoms with Crippen molar-refractivity contribution in [2.75, 3.05) is 6.61 Å². The van der Waals surface area contributed by atoms with Crippen molar-refractivity contribution in [2.24, 2.45) is 28.6 Å². The van der Waals surface area contributed by atoms with Crippen molar-refractivity contribution in [3.8, 4) is 0 Å². The molecule has 0 spiro atoms. The number of rotatable bonds is 4. The minimum atomic E-state index is -0.176. The molecule has 0 aliphatic heterocycles. The third-order valence-corrected chi connectivity index (χ3v) is 8.60. The molecule has 3 fully saturated rings. The topological polar surface area (TPSA) is 63.6 Å². The Morgan fingerprint density at radius 3 is 2.70 bits per heavy atom. The molecule has 0 aromatic rings. The first-order chi connectivity index (χ1) is 12.9. The summed E-state index contributed by atoms with van der Waals surface area (Å²) in [4.78, 5) is 24.5. The highest BCUT2D eigenvalue weighted by Gasteiger charge is 2.58. The monoisotopic (exact) mass is 374 g/mol. The van der Waals surface area contributed by atoms with E-state index in [1.807, 2.05) is 0 Å². The van der Waals surface area contributed by atoms with Crippen LogP contribution in [0.5, 0.6) is 0 Å². The lowest BCUT2D eigenvalue weighted by Gasteiger charge is -2.56. The summed E-state index contributed by atoms with van der Waals surface area (Å²) in [5.74, 6) is 2.21. The minimum absolute atomic E-state index is 0.00557. The second-order valence-electron chi connectivity index (χ2n) is 9.86. The Kier molecular flexibility index (Phi) is 4.99. The third kappa shape index (κ3) is 3.08. The van der Waals surface area contributed by atoms with Gasteiger partial charge in [-0.05, 0) is 68.1 Å². The van der Waals surface area contributed by atoms with E-state index in [-0.39, 0.29) is 29.5 Å². The fourth-order valence-corrected chi connectivity index (χ4v) is 6.97. The zero-order valence-electron chi connectivity index (χ0n) is 16.8. The van der Waals surface area contributed by atoms with E-state index in [4.69, 9.17) is 9.84 Å². The molecule has 150 valence electrons. The van der Waals surface area contributed by atoms with Gasteiger partial charge in [0.15, 0.2) is 0 Å². The highest BCUT2D eigenvalue weighted by atomic mass is 16.5. The molecule has 4 rings (SSSR count). The third-order valence-electron chi connectivity index (χ3n) is 8.60. The molecule has 0 saturated heterocycles. The summed E-state index contributed by atoms with van der Waals surface area (Å²) in [6.45, 7) is 4.70. The second-order valence-corrected chi connectivity index (χ2v) is 9.86. The average molecular weight is 375 g/mol. The van der Waals surface area contributed by atoms with Gasteiger partial charge in [-0.1, -0.05) is 25.5 Å². The van der Waals surface area contributed by atoms with Gasteiger partial charge in [-0.15, -0.1) is 0 Å². The van der Waals surface area contributed by atoms with Crippen molar-refractivity contribution in [1.29, 1.82) is 0 Å². The van der Waals surface area contributed by atoms with Crippen molar-refractivity contribution < 1.29 is 19.4 Å². The summed E-state index contributed by atoms with van der Waals surface area (Å²) in [6, 6.07) is 0.